The van der Waals surface area contributed by atoms with Gasteiger partial charge in [-0.3, -0.25) is 0 Å². The van der Waals surface area contributed by atoms with Gasteiger partial charge in [0, 0.05) is 40.6 Å². The number of aromatic nitrogens is 1. The molecule has 0 saturated carbocycles. The summed E-state index contributed by atoms with van der Waals surface area (Å²) in [5, 5.41) is 4.78. The second-order valence-corrected chi connectivity index (χ2v) is 5.76. The smallest absolute Gasteiger partial charge is 0.0494 e. The van der Waals surface area contributed by atoms with Gasteiger partial charge < -0.3 is 9.88 Å². The van der Waals surface area contributed by atoms with Crippen LogP contribution in [0, 0.1) is 6.92 Å². The second-order valence-electron chi connectivity index (χ2n) is 4.97. The van der Waals surface area contributed by atoms with Crippen LogP contribution in [0.3, 0.4) is 0 Å². The highest BCUT2D eigenvalue weighted by Gasteiger charge is 2.24. The quantitative estimate of drug-likeness (QED) is 0.853. The van der Waals surface area contributed by atoms with Gasteiger partial charge in [0.25, 0.3) is 0 Å². The van der Waals surface area contributed by atoms with Gasteiger partial charge in [0.15, 0.2) is 0 Å². The molecule has 0 spiro atoms. The number of hydrogen-bond acceptors (Lipinski definition) is 1. The molecule has 2 aromatic rings. The van der Waals surface area contributed by atoms with Crippen molar-refractivity contribution < 1.29 is 0 Å². The zero-order valence-electron chi connectivity index (χ0n) is 10.3. The van der Waals surface area contributed by atoms with Crippen LogP contribution in [0.5, 0.6) is 0 Å². The average Bonchev–Trinajstić information content (AvgIpc) is 2.88. The van der Waals surface area contributed by atoms with E-state index in [2.05, 4.69) is 58.0 Å². The molecular weight excluding hydrogens is 276 g/mol. The summed E-state index contributed by atoms with van der Waals surface area (Å²) in [4.78, 5) is 0. The molecule has 1 aromatic carbocycles. The molecule has 1 unspecified atom stereocenters. The van der Waals surface area contributed by atoms with Crippen molar-refractivity contribution in [1.82, 2.24) is 9.88 Å². The van der Waals surface area contributed by atoms with E-state index in [1.807, 2.05) is 0 Å². The molecule has 1 aliphatic rings. The topological polar surface area (TPSA) is 17.0 Å². The number of nitrogens with zero attached hydrogens (tertiary/aromatic N) is 1. The zero-order chi connectivity index (χ0) is 12.0. The predicted molar refractivity (Wildman–Crippen MR) is 75.6 cm³/mol. The molecule has 90 valence electrons. The van der Waals surface area contributed by atoms with Gasteiger partial charge in [0.1, 0.15) is 0 Å². The third kappa shape index (κ3) is 1.72. The lowest BCUT2D eigenvalue weighted by Gasteiger charge is -2.11. The van der Waals surface area contributed by atoms with Crippen LogP contribution >= 0.6 is 15.9 Å². The third-order valence-electron chi connectivity index (χ3n) is 3.78. The lowest BCUT2D eigenvalue weighted by atomic mass is 10.0. The first-order valence-electron chi connectivity index (χ1n) is 6.13. The number of hydrogen-bond donors (Lipinski definition) is 1. The lowest BCUT2D eigenvalue weighted by molar-refractivity contribution is 0.690. The van der Waals surface area contributed by atoms with Crippen LogP contribution in [-0.4, -0.2) is 17.7 Å². The molecule has 0 radical (unpaired) electrons. The summed E-state index contributed by atoms with van der Waals surface area (Å²) in [6.07, 6.45) is 1.24. The zero-order valence-corrected chi connectivity index (χ0v) is 11.8. The van der Waals surface area contributed by atoms with Crippen molar-refractivity contribution in [1.29, 1.82) is 0 Å². The van der Waals surface area contributed by atoms with E-state index in [-0.39, 0.29) is 0 Å². The summed E-state index contributed by atoms with van der Waals surface area (Å²) in [6.45, 7) is 4.39. The molecule has 2 nitrogen and oxygen atoms in total. The summed E-state index contributed by atoms with van der Waals surface area (Å²) < 4.78 is 3.63. The van der Waals surface area contributed by atoms with E-state index in [4.69, 9.17) is 0 Å². The van der Waals surface area contributed by atoms with Gasteiger partial charge in [-0.05, 0) is 47.4 Å². The molecule has 3 heteroatoms. The van der Waals surface area contributed by atoms with E-state index in [1.54, 1.807) is 0 Å². The van der Waals surface area contributed by atoms with Gasteiger partial charge in [-0.15, -0.1) is 0 Å². The van der Waals surface area contributed by atoms with Gasteiger partial charge in [-0.2, -0.15) is 0 Å². The van der Waals surface area contributed by atoms with Crippen molar-refractivity contribution in [2.45, 2.75) is 19.3 Å². The molecule has 17 heavy (non-hydrogen) atoms. The largest absolute Gasteiger partial charge is 0.346 e. The first-order chi connectivity index (χ1) is 8.18. The van der Waals surface area contributed by atoms with E-state index in [0.717, 1.165) is 13.1 Å². The fourth-order valence-corrected chi connectivity index (χ4v) is 3.79. The molecule has 1 fully saturated rings. The minimum absolute atomic E-state index is 0.641. The van der Waals surface area contributed by atoms with Crippen LogP contribution < -0.4 is 5.32 Å². The summed E-state index contributed by atoms with van der Waals surface area (Å²) in [6, 6.07) is 6.68. The van der Waals surface area contributed by atoms with E-state index in [1.165, 1.54) is 33.1 Å². The standard InChI is InChI=1S/C14H17BrN2/c1-9-3-4-11-12(7-9)17(2)14(13(11)15)10-5-6-16-8-10/h3-4,7,10,16H,5-6,8H2,1-2H3. The summed E-state index contributed by atoms with van der Waals surface area (Å²) in [5.74, 6) is 0.641. The van der Waals surface area contributed by atoms with Gasteiger partial charge in [0.2, 0.25) is 0 Å². The van der Waals surface area contributed by atoms with Crippen LogP contribution in [0.2, 0.25) is 0 Å². The Hall–Kier alpha value is -0.800. The monoisotopic (exact) mass is 292 g/mol. The maximum absolute atomic E-state index is 3.79. The minimum atomic E-state index is 0.641. The summed E-state index contributed by atoms with van der Waals surface area (Å²) in [5.41, 5.74) is 4.09. The van der Waals surface area contributed by atoms with Crippen LogP contribution in [0.25, 0.3) is 10.9 Å². The van der Waals surface area contributed by atoms with Crippen LogP contribution in [0.1, 0.15) is 23.6 Å². The maximum Gasteiger partial charge on any atom is 0.0494 e. The first-order valence-corrected chi connectivity index (χ1v) is 6.93. The van der Waals surface area contributed by atoms with Gasteiger partial charge >= 0.3 is 0 Å². The fraction of sp³-hybridized carbons (Fsp3) is 0.429. The number of benzene rings is 1. The van der Waals surface area contributed by atoms with Crippen molar-refractivity contribution in [2.75, 3.05) is 13.1 Å². The minimum Gasteiger partial charge on any atom is -0.346 e. The molecule has 1 aliphatic heterocycles. The Balaban J connectivity index is 2.24. The normalized spacial score (nSPS) is 20.3. The highest BCUT2D eigenvalue weighted by atomic mass is 79.9. The molecule has 1 atom stereocenters. The highest BCUT2D eigenvalue weighted by Crippen LogP contribution is 2.37. The Morgan fingerprint density at radius 3 is 2.94 bits per heavy atom. The van der Waals surface area contributed by atoms with Crippen LogP contribution in [-0.2, 0) is 7.05 Å². The Bertz CT molecular complexity index is 565. The lowest BCUT2D eigenvalue weighted by Crippen LogP contribution is -2.10. The summed E-state index contributed by atoms with van der Waals surface area (Å²) >= 11 is 3.79. The SMILES string of the molecule is Cc1ccc2c(Br)c(C3CCNC3)n(C)c2c1. The molecule has 0 amide bonds. The van der Waals surface area contributed by atoms with E-state index >= 15 is 0 Å². The number of aryl methyl sites for hydroxylation is 2. The van der Waals surface area contributed by atoms with E-state index in [9.17, 15) is 0 Å². The number of nitrogens with one attached hydrogen (secondary N) is 1. The molecule has 1 aromatic heterocycles. The Morgan fingerprint density at radius 2 is 2.24 bits per heavy atom. The van der Waals surface area contributed by atoms with E-state index in [0.29, 0.717) is 5.92 Å². The molecule has 3 rings (SSSR count). The Kier molecular flexibility index (Phi) is 2.75. The van der Waals surface area contributed by atoms with Crippen molar-refractivity contribution in [3.8, 4) is 0 Å². The number of rotatable bonds is 1. The predicted octanol–water partition coefficient (Wildman–Crippen LogP) is 3.33. The fourth-order valence-electron chi connectivity index (χ4n) is 2.86. The van der Waals surface area contributed by atoms with Crippen LogP contribution in [0.4, 0.5) is 0 Å². The second kappa shape index (κ2) is 4.14. The maximum atomic E-state index is 3.79. The van der Waals surface area contributed by atoms with Crippen molar-refractivity contribution in [3.63, 3.8) is 0 Å². The van der Waals surface area contributed by atoms with Crippen molar-refractivity contribution >= 4 is 26.8 Å². The first kappa shape index (κ1) is 11.3. The van der Waals surface area contributed by atoms with Crippen molar-refractivity contribution in [3.05, 3.63) is 33.9 Å². The molecule has 2 heterocycles. The van der Waals surface area contributed by atoms with Gasteiger partial charge in [0.05, 0.1) is 0 Å². The molecule has 1 saturated heterocycles. The van der Waals surface area contributed by atoms with Gasteiger partial charge in [-0.1, -0.05) is 12.1 Å². The van der Waals surface area contributed by atoms with E-state index < -0.39 is 0 Å². The number of fused-ring (bicyclic) bond motifs is 1. The number of halogens is 1. The Labute approximate surface area is 110 Å². The third-order valence-corrected chi connectivity index (χ3v) is 4.62. The summed E-state index contributed by atoms with van der Waals surface area (Å²) in [7, 11) is 2.18. The average molecular weight is 293 g/mol. The van der Waals surface area contributed by atoms with Crippen LogP contribution in [0.15, 0.2) is 22.7 Å². The molecule has 0 aliphatic carbocycles. The van der Waals surface area contributed by atoms with Crippen molar-refractivity contribution in [2.24, 2.45) is 7.05 Å². The highest BCUT2D eigenvalue weighted by molar-refractivity contribution is 9.10. The molecular formula is C14H17BrN2. The Morgan fingerprint density at radius 1 is 1.41 bits per heavy atom. The molecule has 1 N–H and O–H groups in total. The van der Waals surface area contributed by atoms with Gasteiger partial charge in [-0.25, -0.2) is 0 Å². The molecule has 0 bridgehead atoms.